The Hall–Kier alpha value is -3.61. The van der Waals surface area contributed by atoms with Crippen LogP contribution in [0.4, 0.5) is 5.82 Å². The molecule has 0 bridgehead atoms. The number of carbonyl (C=O) groups excluding carboxylic acids is 2. The number of amides is 2. The summed E-state index contributed by atoms with van der Waals surface area (Å²) in [7, 11) is 0. The maximum atomic E-state index is 12.9. The standard InChI is InChI=1S/C23H26N4O3/c1-3-26(4-2)23(29)20-17-24-27(18-11-7-5-8-12-18)22(20)25-21(28)15-16-30-19-13-9-6-10-14-19/h5-14,17H,3-4,15-16H2,1-2H3,(H,25,28). The van der Waals surface area contributed by atoms with E-state index >= 15 is 0 Å². The molecular weight excluding hydrogens is 380 g/mol. The molecule has 1 N–H and O–H groups in total. The second-order valence-corrected chi connectivity index (χ2v) is 6.59. The summed E-state index contributed by atoms with van der Waals surface area (Å²) >= 11 is 0. The number of rotatable bonds is 9. The smallest absolute Gasteiger partial charge is 0.259 e. The van der Waals surface area contributed by atoms with Gasteiger partial charge in [0, 0.05) is 13.1 Å². The van der Waals surface area contributed by atoms with E-state index in [0.29, 0.717) is 30.2 Å². The largest absolute Gasteiger partial charge is 0.493 e. The zero-order chi connectivity index (χ0) is 21.3. The summed E-state index contributed by atoms with van der Waals surface area (Å²) in [6.07, 6.45) is 1.65. The predicted molar refractivity (Wildman–Crippen MR) is 116 cm³/mol. The van der Waals surface area contributed by atoms with E-state index < -0.39 is 0 Å². The Labute approximate surface area is 176 Å². The van der Waals surface area contributed by atoms with Crippen LogP contribution in [0, 0.1) is 0 Å². The van der Waals surface area contributed by atoms with Crippen LogP contribution in [0.5, 0.6) is 5.75 Å². The van der Waals surface area contributed by atoms with E-state index in [9.17, 15) is 9.59 Å². The molecule has 156 valence electrons. The van der Waals surface area contributed by atoms with Crippen molar-refractivity contribution in [3.63, 3.8) is 0 Å². The number of nitrogens with one attached hydrogen (secondary N) is 1. The zero-order valence-electron chi connectivity index (χ0n) is 17.2. The molecule has 0 spiro atoms. The molecule has 0 fully saturated rings. The van der Waals surface area contributed by atoms with Gasteiger partial charge in [-0.1, -0.05) is 36.4 Å². The second kappa shape index (κ2) is 10.2. The van der Waals surface area contributed by atoms with Crippen LogP contribution in [0.15, 0.2) is 66.9 Å². The van der Waals surface area contributed by atoms with Crippen molar-refractivity contribution in [1.82, 2.24) is 14.7 Å². The lowest BCUT2D eigenvalue weighted by Crippen LogP contribution is -2.31. The molecule has 0 radical (unpaired) electrons. The molecule has 0 atom stereocenters. The van der Waals surface area contributed by atoms with E-state index in [4.69, 9.17) is 4.74 Å². The molecule has 2 amide bonds. The first kappa shape index (κ1) is 21.1. The van der Waals surface area contributed by atoms with Crippen LogP contribution in [0.1, 0.15) is 30.6 Å². The Morgan fingerprint density at radius 3 is 2.27 bits per heavy atom. The van der Waals surface area contributed by atoms with Crippen molar-refractivity contribution in [2.24, 2.45) is 0 Å². The minimum absolute atomic E-state index is 0.147. The highest BCUT2D eigenvalue weighted by Crippen LogP contribution is 2.22. The van der Waals surface area contributed by atoms with Gasteiger partial charge in [0.05, 0.1) is 24.9 Å². The van der Waals surface area contributed by atoms with Crippen molar-refractivity contribution in [2.75, 3.05) is 25.0 Å². The fraction of sp³-hybridized carbons (Fsp3) is 0.261. The van der Waals surface area contributed by atoms with Gasteiger partial charge in [0.25, 0.3) is 5.91 Å². The molecule has 7 heteroatoms. The van der Waals surface area contributed by atoms with Crippen LogP contribution in [0.2, 0.25) is 0 Å². The monoisotopic (exact) mass is 406 g/mol. The number of anilines is 1. The third-order valence-corrected chi connectivity index (χ3v) is 4.65. The van der Waals surface area contributed by atoms with Gasteiger partial charge in [-0.15, -0.1) is 0 Å². The number of nitrogens with zero attached hydrogens (tertiary/aromatic N) is 3. The Balaban J connectivity index is 1.79. The Bertz CT molecular complexity index is 967. The van der Waals surface area contributed by atoms with Crippen molar-refractivity contribution in [2.45, 2.75) is 20.3 Å². The third-order valence-electron chi connectivity index (χ3n) is 4.65. The van der Waals surface area contributed by atoms with Crippen LogP contribution in [0.25, 0.3) is 5.69 Å². The van der Waals surface area contributed by atoms with Crippen molar-refractivity contribution >= 4 is 17.6 Å². The molecule has 3 aromatic rings. The number of hydrogen-bond donors (Lipinski definition) is 1. The van der Waals surface area contributed by atoms with Gasteiger partial charge in [0.1, 0.15) is 17.1 Å². The molecular formula is C23H26N4O3. The first-order chi connectivity index (χ1) is 14.6. The summed E-state index contributed by atoms with van der Waals surface area (Å²) < 4.78 is 7.18. The molecule has 1 heterocycles. The van der Waals surface area contributed by atoms with Gasteiger partial charge < -0.3 is 15.0 Å². The molecule has 3 rings (SSSR count). The van der Waals surface area contributed by atoms with Gasteiger partial charge in [-0.3, -0.25) is 9.59 Å². The lowest BCUT2D eigenvalue weighted by molar-refractivity contribution is -0.116. The molecule has 0 saturated heterocycles. The fourth-order valence-corrected chi connectivity index (χ4v) is 3.04. The SMILES string of the molecule is CCN(CC)C(=O)c1cnn(-c2ccccc2)c1NC(=O)CCOc1ccccc1. The van der Waals surface area contributed by atoms with Crippen molar-refractivity contribution in [3.05, 3.63) is 72.4 Å². The zero-order valence-corrected chi connectivity index (χ0v) is 17.2. The highest BCUT2D eigenvalue weighted by Gasteiger charge is 2.23. The second-order valence-electron chi connectivity index (χ2n) is 6.59. The molecule has 0 unspecified atom stereocenters. The Morgan fingerprint density at radius 2 is 1.63 bits per heavy atom. The van der Waals surface area contributed by atoms with E-state index in [2.05, 4.69) is 10.4 Å². The molecule has 0 aliphatic rings. The number of para-hydroxylation sites is 2. The van der Waals surface area contributed by atoms with Gasteiger partial charge in [-0.25, -0.2) is 4.68 Å². The minimum Gasteiger partial charge on any atom is -0.493 e. The molecule has 0 aliphatic heterocycles. The van der Waals surface area contributed by atoms with Crippen LogP contribution in [-0.2, 0) is 4.79 Å². The van der Waals surface area contributed by atoms with Gasteiger partial charge in [-0.2, -0.15) is 5.10 Å². The molecule has 0 aliphatic carbocycles. The molecule has 7 nitrogen and oxygen atoms in total. The highest BCUT2D eigenvalue weighted by atomic mass is 16.5. The van der Waals surface area contributed by atoms with Crippen LogP contribution < -0.4 is 10.1 Å². The van der Waals surface area contributed by atoms with E-state index in [0.717, 1.165) is 5.69 Å². The average molecular weight is 406 g/mol. The Morgan fingerprint density at radius 1 is 1.00 bits per heavy atom. The highest BCUT2D eigenvalue weighted by molar-refractivity contribution is 6.03. The summed E-state index contributed by atoms with van der Waals surface area (Å²) in [4.78, 5) is 27.3. The predicted octanol–water partition coefficient (Wildman–Crippen LogP) is 3.76. The molecule has 1 aromatic heterocycles. The van der Waals surface area contributed by atoms with Gasteiger partial charge in [0.15, 0.2) is 0 Å². The molecule has 2 aromatic carbocycles. The number of hydrogen-bond acceptors (Lipinski definition) is 4. The normalized spacial score (nSPS) is 10.5. The molecule has 0 saturated carbocycles. The third kappa shape index (κ3) is 5.05. The average Bonchev–Trinajstić information content (AvgIpc) is 3.19. The number of ether oxygens (including phenoxy) is 1. The topological polar surface area (TPSA) is 76.5 Å². The van der Waals surface area contributed by atoms with Gasteiger partial charge in [0.2, 0.25) is 5.91 Å². The summed E-state index contributed by atoms with van der Waals surface area (Å²) in [6, 6.07) is 18.7. The maximum absolute atomic E-state index is 12.9. The Kier molecular flexibility index (Phi) is 7.21. The lowest BCUT2D eigenvalue weighted by atomic mass is 10.2. The van der Waals surface area contributed by atoms with Crippen molar-refractivity contribution in [1.29, 1.82) is 0 Å². The van der Waals surface area contributed by atoms with Crippen molar-refractivity contribution in [3.8, 4) is 11.4 Å². The van der Waals surface area contributed by atoms with Gasteiger partial charge in [-0.05, 0) is 38.1 Å². The first-order valence-electron chi connectivity index (χ1n) is 10.0. The quantitative estimate of drug-likeness (QED) is 0.587. The van der Waals surface area contributed by atoms with Crippen LogP contribution in [-0.4, -0.2) is 46.2 Å². The van der Waals surface area contributed by atoms with E-state index in [1.807, 2.05) is 74.5 Å². The molecule has 30 heavy (non-hydrogen) atoms. The number of aromatic nitrogens is 2. The van der Waals surface area contributed by atoms with Crippen LogP contribution in [0.3, 0.4) is 0 Å². The fourth-order valence-electron chi connectivity index (χ4n) is 3.04. The van der Waals surface area contributed by atoms with E-state index in [1.165, 1.54) is 6.20 Å². The maximum Gasteiger partial charge on any atom is 0.259 e. The number of carbonyl (C=O) groups is 2. The van der Waals surface area contributed by atoms with Gasteiger partial charge >= 0.3 is 0 Å². The summed E-state index contributed by atoms with van der Waals surface area (Å²) in [6.45, 7) is 5.22. The first-order valence-corrected chi connectivity index (χ1v) is 10.0. The minimum atomic E-state index is -0.253. The summed E-state index contributed by atoms with van der Waals surface area (Å²) in [5.74, 6) is 0.648. The van der Waals surface area contributed by atoms with E-state index in [-0.39, 0.29) is 24.8 Å². The van der Waals surface area contributed by atoms with Crippen molar-refractivity contribution < 1.29 is 14.3 Å². The lowest BCUT2D eigenvalue weighted by Gasteiger charge is -2.19. The number of benzene rings is 2. The van der Waals surface area contributed by atoms with Crippen LogP contribution >= 0.6 is 0 Å². The van der Waals surface area contributed by atoms with E-state index in [1.54, 1.807) is 9.58 Å². The summed E-state index contributed by atoms with van der Waals surface area (Å²) in [5.41, 5.74) is 1.12. The summed E-state index contributed by atoms with van der Waals surface area (Å²) in [5, 5.41) is 7.22.